The van der Waals surface area contributed by atoms with E-state index in [1.807, 2.05) is 0 Å². The Morgan fingerprint density at radius 1 is 0.938 bits per heavy atom. The van der Waals surface area contributed by atoms with Crippen LogP contribution in [-0.2, 0) is 9.22 Å². The zero-order chi connectivity index (χ0) is 23.1. The average molecular weight is 457 g/mol. The van der Waals surface area contributed by atoms with Crippen LogP contribution in [0, 0.1) is 40.4 Å². The highest BCUT2D eigenvalue weighted by Gasteiger charge is 2.60. The van der Waals surface area contributed by atoms with Crippen LogP contribution in [0.4, 0.5) is 0 Å². The van der Waals surface area contributed by atoms with Gasteiger partial charge in [0.05, 0.1) is 0 Å². The lowest BCUT2D eigenvalue weighted by Gasteiger charge is -2.59. The summed E-state index contributed by atoms with van der Waals surface area (Å²) in [5.41, 5.74) is 2.65. The maximum Gasteiger partial charge on any atom is 0.192 e. The molecule has 5 aliphatic rings. The molecular formula is C29H48O2Si. The summed E-state index contributed by atoms with van der Waals surface area (Å²) in [5, 5.41) is 0.289. The highest BCUT2D eigenvalue weighted by atomic mass is 28.4. The van der Waals surface area contributed by atoms with Crippen molar-refractivity contribution in [3.8, 4) is 0 Å². The Labute approximate surface area is 198 Å². The molecule has 0 radical (unpaired) electrons. The van der Waals surface area contributed by atoms with Crippen molar-refractivity contribution in [3.63, 3.8) is 0 Å². The van der Waals surface area contributed by atoms with Gasteiger partial charge in [-0.25, -0.2) is 0 Å². The van der Waals surface area contributed by atoms with Crippen molar-refractivity contribution in [2.75, 3.05) is 0 Å². The quantitative estimate of drug-likeness (QED) is 0.318. The lowest BCUT2D eigenvalue weighted by atomic mass is 9.46. The Hall–Kier alpha value is -0.413. The van der Waals surface area contributed by atoms with Gasteiger partial charge in [-0.1, -0.05) is 46.3 Å². The lowest BCUT2D eigenvalue weighted by Crippen LogP contribution is -2.52. The van der Waals surface area contributed by atoms with Crippen molar-refractivity contribution < 1.29 is 9.22 Å². The van der Waals surface area contributed by atoms with Gasteiger partial charge in [0, 0.05) is 18.9 Å². The normalized spacial score (nSPS) is 44.9. The van der Waals surface area contributed by atoms with Gasteiger partial charge in [-0.2, -0.15) is 0 Å². The SMILES string of the molecule is CC(C)(C)[Si](C)(C)O[C@H]1CC[C@@]2(C)C(=CC[C@@H]3[C@@H]2CC[C@]2(C)C(C4CC(=O)C4)CC[C@@H]32)C1. The second-order valence-electron chi connectivity index (χ2n) is 14.4. The van der Waals surface area contributed by atoms with Gasteiger partial charge in [0.1, 0.15) is 5.78 Å². The minimum Gasteiger partial charge on any atom is -0.414 e. The second-order valence-corrected chi connectivity index (χ2v) is 19.2. The monoisotopic (exact) mass is 456 g/mol. The zero-order valence-corrected chi connectivity index (χ0v) is 22.9. The first-order valence-electron chi connectivity index (χ1n) is 13.7. The van der Waals surface area contributed by atoms with Crippen LogP contribution < -0.4 is 0 Å². The van der Waals surface area contributed by atoms with Gasteiger partial charge in [-0.3, -0.25) is 4.79 Å². The number of ketones is 1. The largest absolute Gasteiger partial charge is 0.414 e. The predicted octanol–water partition coefficient (Wildman–Crippen LogP) is 7.93. The third-order valence-corrected chi connectivity index (χ3v) is 16.5. The molecule has 0 saturated heterocycles. The predicted molar refractivity (Wildman–Crippen MR) is 135 cm³/mol. The summed E-state index contributed by atoms with van der Waals surface area (Å²) in [6, 6.07) is 0. The number of hydrogen-bond donors (Lipinski definition) is 0. The molecule has 3 heteroatoms. The minimum absolute atomic E-state index is 0.289. The molecule has 4 fully saturated rings. The van der Waals surface area contributed by atoms with Crippen molar-refractivity contribution in [1.29, 1.82) is 0 Å². The maximum absolute atomic E-state index is 11.7. The third-order valence-electron chi connectivity index (χ3n) is 11.9. The smallest absolute Gasteiger partial charge is 0.192 e. The van der Waals surface area contributed by atoms with E-state index in [-0.39, 0.29) is 5.04 Å². The number of allylic oxidation sites excluding steroid dienone is 1. The Bertz CT molecular complexity index is 798. The molecule has 32 heavy (non-hydrogen) atoms. The molecule has 0 aromatic carbocycles. The van der Waals surface area contributed by atoms with E-state index in [0.29, 0.717) is 28.6 Å². The van der Waals surface area contributed by atoms with Crippen molar-refractivity contribution in [3.05, 3.63) is 11.6 Å². The highest BCUT2D eigenvalue weighted by molar-refractivity contribution is 6.74. The Morgan fingerprint density at radius 2 is 1.62 bits per heavy atom. The summed E-state index contributed by atoms with van der Waals surface area (Å²) in [7, 11) is -1.71. The number of rotatable bonds is 3. The van der Waals surface area contributed by atoms with Gasteiger partial charge >= 0.3 is 0 Å². The summed E-state index contributed by atoms with van der Waals surface area (Å²) in [4.78, 5) is 11.7. The number of carbonyl (C=O) groups excluding carboxylic acids is 1. The molecule has 0 spiro atoms. The van der Waals surface area contributed by atoms with Crippen LogP contribution in [0.15, 0.2) is 11.6 Å². The Kier molecular flexibility index (Phi) is 5.50. The zero-order valence-electron chi connectivity index (χ0n) is 21.9. The van der Waals surface area contributed by atoms with Crippen LogP contribution in [0.25, 0.3) is 0 Å². The van der Waals surface area contributed by atoms with Gasteiger partial charge in [0.25, 0.3) is 0 Å². The highest BCUT2D eigenvalue weighted by Crippen LogP contribution is 2.68. The van der Waals surface area contributed by atoms with Crippen LogP contribution in [0.3, 0.4) is 0 Å². The van der Waals surface area contributed by atoms with Gasteiger partial charge in [-0.05, 0) is 110 Å². The fourth-order valence-electron chi connectivity index (χ4n) is 8.95. The van der Waals surface area contributed by atoms with E-state index in [1.165, 1.54) is 51.4 Å². The number of hydrogen-bond acceptors (Lipinski definition) is 2. The fraction of sp³-hybridized carbons (Fsp3) is 0.897. The molecule has 180 valence electrons. The molecular weight excluding hydrogens is 408 g/mol. The van der Waals surface area contributed by atoms with E-state index in [1.54, 1.807) is 5.57 Å². The van der Waals surface area contributed by atoms with Crippen molar-refractivity contribution in [1.82, 2.24) is 0 Å². The topological polar surface area (TPSA) is 26.3 Å². The second kappa shape index (κ2) is 7.54. The van der Waals surface area contributed by atoms with E-state index in [4.69, 9.17) is 4.43 Å². The molecule has 0 aliphatic heterocycles. The molecule has 0 bridgehead atoms. The third kappa shape index (κ3) is 3.46. The summed E-state index contributed by atoms with van der Waals surface area (Å²) in [6.45, 7) is 17.2. The summed E-state index contributed by atoms with van der Waals surface area (Å²) in [6.07, 6.45) is 15.6. The van der Waals surface area contributed by atoms with E-state index >= 15 is 0 Å². The van der Waals surface area contributed by atoms with Crippen LogP contribution >= 0.6 is 0 Å². The van der Waals surface area contributed by atoms with Gasteiger partial charge in [-0.15, -0.1) is 0 Å². The fourth-order valence-corrected chi connectivity index (χ4v) is 10.3. The average Bonchev–Trinajstić information content (AvgIpc) is 3.01. The van der Waals surface area contributed by atoms with Gasteiger partial charge < -0.3 is 4.43 Å². The lowest BCUT2D eigenvalue weighted by molar-refractivity contribution is -0.131. The van der Waals surface area contributed by atoms with E-state index in [9.17, 15) is 4.79 Å². The van der Waals surface area contributed by atoms with Crippen LogP contribution in [0.2, 0.25) is 18.1 Å². The Morgan fingerprint density at radius 3 is 2.28 bits per heavy atom. The number of Topliss-reactive ketones (excluding diaryl/α,β-unsaturated/α-hetero) is 1. The minimum atomic E-state index is -1.71. The molecule has 0 aromatic heterocycles. The van der Waals surface area contributed by atoms with Crippen molar-refractivity contribution >= 4 is 14.1 Å². The Balaban J connectivity index is 1.32. The van der Waals surface area contributed by atoms with Crippen LogP contribution in [0.1, 0.15) is 98.8 Å². The first-order chi connectivity index (χ1) is 14.8. The molecule has 2 nitrogen and oxygen atoms in total. The van der Waals surface area contributed by atoms with Crippen LogP contribution in [-0.4, -0.2) is 20.2 Å². The molecule has 0 amide bonds. The van der Waals surface area contributed by atoms with Gasteiger partial charge in [0.2, 0.25) is 0 Å². The van der Waals surface area contributed by atoms with E-state index < -0.39 is 8.32 Å². The number of carbonyl (C=O) groups is 1. The van der Waals surface area contributed by atoms with Crippen molar-refractivity contribution in [2.45, 2.75) is 123 Å². The molecule has 1 unspecified atom stereocenters. The molecule has 0 heterocycles. The molecule has 5 aliphatic carbocycles. The maximum atomic E-state index is 11.7. The van der Waals surface area contributed by atoms with Crippen molar-refractivity contribution in [2.24, 2.45) is 40.4 Å². The molecule has 7 atom stereocenters. The molecule has 5 rings (SSSR count). The molecule has 0 N–H and O–H groups in total. The molecule has 4 saturated carbocycles. The first-order valence-corrected chi connectivity index (χ1v) is 16.6. The summed E-state index contributed by atoms with van der Waals surface area (Å²) >= 11 is 0. The number of fused-ring (bicyclic) bond motifs is 5. The standard InChI is InChI=1S/C29H48O2Si/c1-27(2,3)32(6,7)31-22-12-14-28(4)20(18-22)8-9-23-25-11-10-24(19-16-21(30)17-19)29(25,5)15-13-26(23)28/h8,19,22-26H,9-18H2,1-7H3/t22-,23-,24?,25-,26-,28-,29+/m0/s1. The van der Waals surface area contributed by atoms with E-state index in [0.717, 1.165) is 36.5 Å². The summed E-state index contributed by atoms with van der Waals surface area (Å²) in [5.74, 6) is 4.68. The first kappa shape index (κ1) is 23.3. The molecule has 0 aromatic rings. The van der Waals surface area contributed by atoms with Gasteiger partial charge in [0.15, 0.2) is 8.32 Å². The van der Waals surface area contributed by atoms with Crippen LogP contribution in [0.5, 0.6) is 0 Å². The van der Waals surface area contributed by atoms with E-state index in [2.05, 4.69) is 53.8 Å². The summed E-state index contributed by atoms with van der Waals surface area (Å²) < 4.78 is 6.90.